The molecule has 0 aliphatic carbocycles. The van der Waals surface area contributed by atoms with Gasteiger partial charge in [-0.25, -0.2) is 0 Å². The van der Waals surface area contributed by atoms with E-state index in [1.165, 1.54) is 17.3 Å². The molecule has 0 saturated carbocycles. The standard InChI is InChI=1S/C21H21N5OS/c1-12-9-10-18(13(2)11-12)26-21(23-24-25-26)28-15(4)20(27)19-14(3)22-17-8-6-5-7-16(17)19/h5-11,15,22H,1-4H3/t15-/m0/s1. The second kappa shape index (κ2) is 7.24. The minimum Gasteiger partial charge on any atom is -0.358 e. The predicted molar refractivity (Wildman–Crippen MR) is 111 cm³/mol. The lowest BCUT2D eigenvalue weighted by molar-refractivity contribution is 0.0995. The zero-order valence-corrected chi connectivity index (χ0v) is 17.0. The van der Waals surface area contributed by atoms with Crippen molar-refractivity contribution >= 4 is 28.4 Å². The second-order valence-electron chi connectivity index (χ2n) is 6.96. The summed E-state index contributed by atoms with van der Waals surface area (Å²) in [5.41, 5.74) is 5.78. The highest BCUT2D eigenvalue weighted by atomic mass is 32.2. The van der Waals surface area contributed by atoms with Gasteiger partial charge in [0.1, 0.15) is 0 Å². The van der Waals surface area contributed by atoms with Crippen LogP contribution < -0.4 is 0 Å². The normalized spacial score (nSPS) is 12.4. The molecule has 4 rings (SSSR count). The van der Waals surface area contributed by atoms with Gasteiger partial charge in [0.15, 0.2) is 5.78 Å². The van der Waals surface area contributed by atoms with E-state index in [4.69, 9.17) is 0 Å². The molecule has 1 N–H and O–H groups in total. The maximum absolute atomic E-state index is 13.2. The number of rotatable bonds is 5. The topological polar surface area (TPSA) is 76.5 Å². The van der Waals surface area contributed by atoms with E-state index >= 15 is 0 Å². The molecule has 0 fully saturated rings. The lowest BCUT2D eigenvalue weighted by Crippen LogP contribution is -2.15. The Morgan fingerprint density at radius 2 is 1.93 bits per heavy atom. The molecule has 0 bridgehead atoms. The van der Waals surface area contributed by atoms with Crippen LogP contribution in [0.25, 0.3) is 16.6 Å². The van der Waals surface area contributed by atoms with Crippen molar-refractivity contribution in [2.75, 3.05) is 0 Å². The summed E-state index contributed by atoms with van der Waals surface area (Å²) in [5, 5.41) is 13.3. The molecule has 0 saturated heterocycles. The van der Waals surface area contributed by atoms with Crippen molar-refractivity contribution in [3.63, 3.8) is 0 Å². The summed E-state index contributed by atoms with van der Waals surface area (Å²) in [6.45, 7) is 7.91. The lowest BCUT2D eigenvalue weighted by Gasteiger charge is -2.12. The van der Waals surface area contributed by atoms with Gasteiger partial charge in [-0.15, -0.1) is 5.10 Å². The second-order valence-corrected chi connectivity index (χ2v) is 8.27. The van der Waals surface area contributed by atoms with Crippen molar-refractivity contribution in [2.24, 2.45) is 0 Å². The molecule has 4 aromatic rings. The maximum atomic E-state index is 13.2. The van der Waals surface area contributed by atoms with E-state index in [0.717, 1.165) is 33.4 Å². The molecule has 0 unspecified atom stereocenters. The third kappa shape index (κ3) is 3.22. The number of nitrogens with one attached hydrogen (secondary N) is 1. The number of aromatic nitrogens is 5. The molecule has 28 heavy (non-hydrogen) atoms. The van der Waals surface area contributed by atoms with E-state index in [2.05, 4.69) is 33.5 Å². The quantitative estimate of drug-likeness (QED) is 0.402. The number of fused-ring (bicyclic) bond motifs is 1. The predicted octanol–water partition coefficient (Wildman–Crippen LogP) is 4.43. The number of hydrogen-bond donors (Lipinski definition) is 1. The minimum absolute atomic E-state index is 0.0649. The minimum atomic E-state index is -0.326. The van der Waals surface area contributed by atoms with Gasteiger partial charge in [-0.2, -0.15) is 4.68 Å². The molecule has 0 aliphatic heterocycles. The number of ketones is 1. The van der Waals surface area contributed by atoms with Crippen molar-refractivity contribution in [3.05, 3.63) is 64.8 Å². The lowest BCUT2D eigenvalue weighted by atomic mass is 10.1. The molecule has 0 amide bonds. The Kier molecular flexibility index (Phi) is 4.77. The summed E-state index contributed by atoms with van der Waals surface area (Å²) in [6.07, 6.45) is 0. The summed E-state index contributed by atoms with van der Waals surface area (Å²) in [5.74, 6) is 0.0649. The first kappa shape index (κ1) is 18.4. The number of aromatic amines is 1. The first-order valence-corrected chi connectivity index (χ1v) is 9.98. The van der Waals surface area contributed by atoms with Gasteiger partial charge in [0.25, 0.3) is 0 Å². The van der Waals surface area contributed by atoms with Gasteiger partial charge in [0, 0.05) is 22.2 Å². The zero-order chi connectivity index (χ0) is 19.8. The van der Waals surface area contributed by atoms with Crippen molar-refractivity contribution in [1.82, 2.24) is 25.2 Å². The van der Waals surface area contributed by atoms with E-state index < -0.39 is 0 Å². The van der Waals surface area contributed by atoms with Crippen LogP contribution in [0.15, 0.2) is 47.6 Å². The summed E-state index contributed by atoms with van der Waals surface area (Å²) in [4.78, 5) is 16.5. The highest BCUT2D eigenvalue weighted by Gasteiger charge is 2.24. The number of thioether (sulfide) groups is 1. The average molecular weight is 392 g/mol. The fourth-order valence-corrected chi connectivity index (χ4v) is 4.32. The van der Waals surface area contributed by atoms with Crippen LogP contribution in [0.3, 0.4) is 0 Å². The highest BCUT2D eigenvalue weighted by molar-refractivity contribution is 8.00. The van der Waals surface area contributed by atoms with E-state index in [9.17, 15) is 4.79 Å². The molecule has 2 aromatic heterocycles. The average Bonchev–Trinajstić information content (AvgIpc) is 3.24. The first-order valence-electron chi connectivity index (χ1n) is 9.10. The number of carbonyl (C=O) groups excluding carboxylic acids is 1. The van der Waals surface area contributed by atoms with Gasteiger partial charge in [-0.3, -0.25) is 4.79 Å². The molecule has 1 atom stereocenters. The van der Waals surface area contributed by atoms with Crippen molar-refractivity contribution in [3.8, 4) is 5.69 Å². The number of aryl methyl sites for hydroxylation is 3. The molecule has 0 radical (unpaired) electrons. The Morgan fingerprint density at radius 3 is 2.71 bits per heavy atom. The third-order valence-corrected chi connectivity index (χ3v) is 5.85. The van der Waals surface area contributed by atoms with E-state index in [-0.39, 0.29) is 11.0 Å². The Bertz CT molecular complexity index is 1180. The van der Waals surface area contributed by atoms with E-state index in [1.807, 2.05) is 57.2 Å². The molecule has 0 spiro atoms. The number of Topliss-reactive ketones (excluding diaryl/α,β-unsaturated/α-hetero) is 1. The van der Waals surface area contributed by atoms with Crippen LogP contribution in [0.4, 0.5) is 0 Å². The Morgan fingerprint density at radius 1 is 1.14 bits per heavy atom. The smallest absolute Gasteiger partial charge is 0.214 e. The molecule has 0 aliphatic rings. The van der Waals surface area contributed by atoms with Crippen LogP contribution >= 0.6 is 11.8 Å². The van der Waals surface area contributed by atoms with Crippen LogP contribution in [0, 0.1) is 20.8 Å². The fraction of sp³-hybridized carbons (Fsp3) is 0.238. The number of benzene rings is 2. The first-order chi connectivity index (χ1) is 13.5. The van der Waals surface area contributed by atoms with Crippen LogP contribution in [0.5, 0.6) is 0 Å². The highest BCUT2D eigenvalue weighted by Crippen LogP contribution is 2.30. The van der Waals surface area contributed by atoms with Crippen molar-refractivity contribution < 1.29 is 4.79 Å². The van der Waals surface area contributed by atoms with Crippen LogP contribution in [0.1, 0.15) is 34.1 Å². The molecule has 2 aromatic carbocycles. The number of carbonyl (C=O) groups is 1. The maximum Gasteiger partial charge on any atom is 0.214 e. The van der Waals surface area contributed by atoms with Gasteiger partial charge < -0.3 is 4.98 Å². The van der Waals surface area contributed by atoms with Crippen LogP contribution in [0.2, 0.25) is 0 Å². The largest absolute Gasteiger partial charge is 0.358 e. The van der Waals surface area contributed by atoms with Gasteiger partial charge in [0.2, 0.25) is 5.16 Å². The third-order valence-electron chi connectivity index (χ3n) is 4.81. The summed E-state index contributed by atoms with van der Waals surface area (Å²) in [7, 11) is 0. The molecule has 2 heterocycles. The molecule has 142 valence electrons. The van der Waals surface area contributed by atoms with Crippen LogP contribution in [-0.4, -0.2) is 36.2 Å². The Hall–Kier alpha value is -2.93. The molecule has 6 nitrogen and oxygen atoms in total. The van der Waals surface area contributed by atoms with Gasteiger partial charge >= 0.3 is 0 Å². The Balaban J connectivity index is 1.64. The van der Waals surface area contributed by atoms with E-state index in [0.29, 0.717) is 5.16 Å². The monoisotopic (exact) mass is 391 g/mol. The van der Waals surface area contributed by atoms with Crippen molar-refractivity contribution in [2.45, 2.75) is 38.1 Å². The number of nitrogens with zero attached hydrogens (tertiary/aromatic N) is 4. The van der Waals surface area contributed by atoms with Gasteiger partial charge in [-0.1, -0.05) is 47.7 Å². The van der Waals surface area contributed by atoms with Crippen LogP contribution in [-0.2, 0) is 0 Å². The molecular formula is C21H21N5OS. The van der Waals surface area contributed by atoms with Gasteiger partial charge in [0.05, 0.1) is 10.9 Å². The summed E-state index contributed by atoms with van der Waals surface area (Å²) >= 11 is 1.37. The summed E-state index contributed by atoms with van der Waals surface area (Å²) in [6, 6.07) is 14.0. The fourth-order valence-electron chi connectivity index (χ4n) is 3.46. The number of hydrogen-bond acceptors (Lipinski definition) is 5. The number of tetrazole rings is 1. The van der Waals surface area contributed by atoms with E-state index in [1.54, 1.807) is 4.68 Å². The molecular weight excluding hydrogens is 370 g/mol. The van der Waals surface area contributed by atoms with Crippen molar-refractivity contribution in [1.29, 1.82) is 0 Å². The molecule has 7 heteroatoms. The van der Waals surface area contributed by atoms with Gasteiger partial charge in [-0.05, 0) is 55.8 Å². The SMILES string of the molecule is Cc1ccc(-n2nnnc2S[C@@H](C)C(=O)c2c(C)[nH]c3ccccc23)c(C)c1. The zero-order valence-electron chi connectivity index (χ0n) is 16.2. The number of para-hydroxylation sites is 1. The number of H-pyrrole nitrogens is 1. The Labute approximate surface area is 167 Å². The summed E-state index contributed by atoms with van der Waals surface area (Å²) < 4.78 is 1.70.